The van der Waals surface area contributed by atoms with Crippen LogP contribution in [0.2, 0.25) is 0 Å². The zero-order valence-corrected chi connectivity index (χ0v) is 11.4. The van der Waals surface area contributed by atoms with Crippen LogP contribution in [0.1, 0.15) is 25.0 Å². The molecular weight excluding hydrogens is 228 g/mol. The van der Waals surface area contributed by atoms with E-state index in [2.05, 4.69) is 86.7 Å². The van der Waals surface area contributed by atoms with Crippen LogP contribution in [0.25, 0.3) is 6.08 Å². The average molecular weight is 246 g/mol. The van der Waals surface area contributed by atoms with Crippen molar-refractivity contribution < 1.29 is 0 Å². The van der Waals surface area contributed by atoms with Crippen molar-refractivity contribution in [3.8, 4) is 0 Å². The molecule has 2 aromatic rings. The van der Waals surface area contributed by atoms with Crippen molar-refractivity contribution in [2.75, 3.05) is 0 Å². The topological polar surface area (TPSA) is 0 Å². The summed E-state index contributed by atoms with van der Waals surface area (Å²) in [5.41, 5.74) is 5.54. The summed E-state index contributed by atoms with van der Waals surface area (Å²) in [6.07, 6.45) is 4.65. The van der Waals surface area contributed by atoms with Gasteiger partial charge in [-0.1, -0.05) is 84.0 Å². The van der Waals surface area contributed by atoms with Gasteiger partial charge in [-0.05, 0) is 25.0 Å². The third-order valence-electron chi connectivity index (χ3n) is 4.01. The second kappa shape index (κ2) is 4.55. The standard InChI is InChI=1S/C19H18/c1-15(13-17-9-5-3-6-10-17)19(14-16(19)2)18-11-7-4-8-12-18/h3-14H,1-2H3/b15-13+. The van der Waals surface area contributed by atoms with Crippen LogP contribution >= 0.6 is 0 Å². The molecule has 1 aliphatic carbocycles. The summed E-state index contributed by atoms with van der Waals surface area (Å²) in [4.78, 5) is 0. The largest absolute Gasteiger partial charge is 0.0654 e. The van der Waals surface area contributed by atoms with Crippen molar-refractivity contribution in [2.24, 2.45) is 0 Å². The van der Waals surface area contributed by atoms with Gasteiger partial charge < -0.3 is 0 Å². The summed E-state index contributed by atoms with van der Waals surface area (Å²) in [5, 5.41) is 0. The second-order valence-electron chi connectivity index (χ2n) is 5.24. The lowest BCUT2D eigenvalue weighted by Gasteiger charge is -2.20. The fourth-order valence-corrected chi connectivity index (χ4v) is 2.87. The molecule has 1 aliphatic rings. The van der Waals surface area contributed by atoms with Crippen molar-refractivity contribution in [2.45, 2.75) is 19.3 Å². The van der Waals surface area contributed by atoms with Crippen molar-refractivity contribution in [1.82, 2.24) is 0 Å². The van der Waals surface area contributed by atoms with Crippen LogP contribution < -0.4 is 0 Å². The number of benzene rings is 2. The Morgan fingerprint density at radius 3 is 1.95 bits per heavy atom. The molecule has 0 heterocycles. The monoisotopic (exact) mass is 246 g/mol. The molecule has 0 saturated heterocycles. The van der Waals surface area contributed by atoms with Crippen molar-refractivity contribution >= 4 is 6.08 Å². The molecule has 1 atom stereocenters. The minimum Gasteiger partial charge on any atom is -0.0654 e. The van der Waals surface area contributed by atoms with Gasteiger partial charge in [0.15, 0.2) is 0 Å². The lowest BCUT2D eigenvalue weighted by atomic mass is 9.83. The summed E-state index contributed by atoms with van der Waals surface area (Å²) >= 11 is 0. The summed E-state index contributed by atoms with van der Waals surface area (Å²) in [6.45, 7) is 4.45. The van der Waals surface area contributed by atoms with Gasteiger partial charge in [0, 0.05) is 0 Å². The number of rotatable bonds is 3. The number of hydrogen-bond acceptors (Lipinski definition) is 0. The maximum absolute atomic E-state index is 2.36. The Balaban J connectivity index is 1.98. The van der Waals surface area contributed by atoms with Crippen LogP contribution in [0.4, 0.5) is 0 Å². The highest BCUT2D eigenvalue weighted by molar-refractivity contribution is 5.69. The molecule has 0 N–H and O–H groups in total. The van der Waals surface area contributed by atoms with Crippen LogP contribution in [0.3, 0.4) is 0 Å². The lowest BCUT2D eigenvalue weighted by Crippen LogP contribution is -2.12. The van der Waals surface area contributed by atoms with Gasteiger partial charge in [-0.15, -0.1) is 0 Å². The molecule has 0 spiro atoms. The SMILES string of the molecule is CC1=CC1(/C(C)=C/c1ccccc1)c1ccccc1. The first-order valence-corrected chi connectivity index (χ1v) is 6.73. The lowest BCUT2D eigenvalue weighted by molar-refractivity contribution is 0.872. The van der Waals surface area contributed by atoms with Crippen LogP contribution in [0, 0.1) is 0 Å². The molecule has 19 heavy (non-hydrogen) atoms. The number of hydrogen-bond donors (Lipinski definition) is 0. The summed E-state index contributed by atoms with van der Waals surface area (Å²) in [7, 11) is 0. The molecular formula is C19H18. The normalized spacial score (nSPS) is 22.0. The Morgan fingerprint density at radius 2 is 1.42 bits per heavy atom. The Morgan fingerprint density at radius 1 is 0.895 bits per heavy atom. The third-order valence-corrected chi connectivity index (χ3v) is 4.01. The van der Waals surface area contributed by atoms with Gasteiger partial charge in [0.25, 0.3) is 0 Å². The van der Waals surface area contributed by atoms with E-state index in [9.17, 15) is 0 Å². The molecule has 2 aromatic carbocycles. The predicted octanol–water partition coefficient (Wildman–Crippen LogP) is 4.99. The van der Waals surface area contributed by atoms with Gasteiger partial charge in [-0.2, -0.15) is 0 Å². The molecule has 1 unspecified atom stereocenters. The van der Waals surface area contributed by atoms with E-state index in [4.69, 9.17) is 0 Å². The number of allylic oxidation sites excluding steroid dienone is 3. The first-order valence-electron chi connectivity index (χ1n) is 6.73. The third kappa shape index (κ3) is 2.04. The molecule has 0 saturated carbocycles. The van der Waals surface area contributed by atoms with Crippen molar-refractivity contribution in [3.63, 3.8) is 0 Å². The van der Waals surface area contributed by atoms with Crippen molar-refractivity contribution in [3.05, 3.63) is 89.0 Å². The molecule has 0 bridgehead atoms. The molecule has 0 heteroatoms. The summed E-state index contributed by atoms with van der Waals surface area (Å²) in [5.74, 6) is 0. The second-order valence-corrected chi connectivity index (χ2v) is 5.24. The highest BCUT2D eigenvalue weighted by atomic mass is 14.5. The molecule has 0 fully saturated rings. The van der Waals surface area contributed by atoms with E-state index in [1.165, 1.54) is 22.3 Å². The summed E-state index contributed by atoms with van der Waals surface area (Å²) in [6, 6.07) is 21.3. The molecule has 0 amide bonds. The van der Waals surface area contributed by atoms with Gasteiger partial charge in [0.1, 0.15) is 0 Å². The van der Waals surface area contributed by atoms with E-state index in [1.54, 1.807) is 0 Å². The molecule has 0 aromatic heterocycles. The van der Waals surface area contributed by atoms with E-state index in [0.717, 1.165) is 0 Å². The zero-order valence-electron chi connectivity index (χ0n) is 11.4. The van der Waals surface area contributed by atoms with Gasteiger partial charge in [0.2, 0.25) is 0 Å². The van der Waals surface area contributed by atoms with Gasteiger partial charge in [-0.25, -0.2) is 0 Å². The minimum absolute atomic E-state index is 0.0666. The quantitative estimate of drug-likeness (QED) is 0.669. The highest BCUT2D eigenvalue weighted by Crippen LogP contribution is 2.52. The van der Waals surface area contributed by atoms with Gasteiger partial charge in [0.05, 0.1) is 5.41 Å². The summed E-state index contributed by atoms with van der Waals surface area (Å²) < 4.78 is 0. The first kappa shape index (κ1) is 12.0. The average Bonchev–Trinajstić information content (AvgIpc) is 3.14. The zero-order chi connectivity index (χ0) is 13.3. The van der Waals surface area contributed by atoms with E-state index in [1.807, 2.05) is 0 Å². The van der Waals surface area contributed by atoms with Gasteiger partial charge >= 0.3 is 0 Å². The van der Waals surface area contributed by atoms with E-state index in [0.29, 0.717) is 0 Å². The van der Waals surface area contributed by atoms with Crippen molar-refractivity contribution in [1.29, 1.82) is 0 Å². The van der Waals surface area contributed by atoms with Crippen LogP contribution in [-0.2, 0) is 5.41 Å². The molecule has 0 nitrogen and oxygen atoms in total. The van der Waals surface area contributed by atoms with Crippen LogP contribution in [-0.4, -0.2) is 0 Å². The predicted molar refractivity (Wildman–Crippen MR) is 82.0 cm³/mol. The fraction of sp³-hybridized carbons (Fsp3) is 0.158. The highest BCUT2D eigenvalue weighted by Gasteiger charge is 2.43. The molecule has 0 aliphatic heterocycles. The molecule has 94 valence electrons. The van der Waals surface area contributed by atoms with Gasteiger partial charge in [-0.3, -0.25) is 0 Å². The maximum Gasteiger partial charge on any atom is 0.0553 e. The molecule has 0 radical (unpaired) electrons. The minimum atomic E-state index is 0.0666. The van der Waals surface area contributed by atoms with E-state index in [-0.39, 0.29) is 5.41 Å². The maximum atomic E-state index is 2.36. The fourth-order valence-electron chi connectivity index (χ4n) is 2.87. The molecule has 3 rings (SSSR count). The first-order chi connectivity index (χ1) is 9.23. The Hall–Kier alpha value is -2.08. The smallest absolute Gasteiger partial charge is 0.0553 e. The van der Waals surface area contributed by atoms with Crippen LogP contribution in [0.15, 0.2) is 77.9 Å². The van der Waals surface area contributed by atoms with Crippen LogP contribution in [0.5, 0.6) is 0 Å². The Labute approximate surface area is 115 Å². The van der Waals surface area contributed by atoms with E-state index < -0.39 is 0 Å². The van der Waals surface area contributed by atoms with E-state index >= 15 is 0 Å². The Bertz CT molecular complexity index is 632. The Kier molecular flexibility index (Phi) is 2.87.